The van der Waals surface area contributed by atoms with Crippen molar-refractivity contribution >= 4 is 21.6 Å². The van der Waals surface area contributed by atoms with Crippen LogP contribution in [-0.2, 0) is 28.4 Å². The summed E-state index contributed by atoms with van der Waals surface area (Å²) < 4.78 is 24.6. The summed E-state index contributed by atoms with van der Waals surface area (Å²) in [5.41, 5.74) is 3.36. The Kier molecular flexibility index (Phi) is 6.53. The number of nitriles is 1. The molecule has 5 nitrogen and oxygen atoms in total. The Balaban J connectivity index is 1.62. The molecule has 0 bridgehead atoms. The molecule has 7 heteroatoms. The normalized spacial score (nSPS) is 15.0. The molecule has 0 aliphatic heterocycles. The number of fused-ring (bicyclic) bond motifs is 1. The fourth-order valence-corrected chi connectivity index (χ4v) is 5.78. The van der Waals surface area contributed by atoms with Gasteiger partial charge in [-0.15, -0.1) is 11.8 Å². The minimum atomic E-state index is -3.42. The highest BCUT2D eigenvalue weighted by molar-refractivity contribution is 7.99. The van der Waals surface area contributed by atoms with E-state index >= 15 is 0 Å². The van der Waals surface area contributed by atoms with Crippen LogP contribution in [0.4, 0.5) is 0 Å². The summed E-state index contributed by atoms with van der Waals surface area (Å²) in [7, 11) is -3.42. The Hall–Kier alpha value is -1.88. The third-order valence-electron chi connectivity index (χ3n) is 4.47. The van der Waals surface area contributed by atoms with Gasteiger partial charge in [0.15, 0.2) is 9.84 Å². The van der Waals surface area contributed by atoms with E-state index in [9.17, 15) is 18.8 Å². The van der Waals surface area contributed by atoms with Gasteiger partial charge in [0.2, 0.25) is 0 Å². The first kappa shape index (κ1) is 19.9. The predicted octanol–water partition coefficient (Wildman–Crippen LogP) is 2.90. The highest BCUT2D eigenvalue weighted by atomic mass is 32.2. The van der Waals surface area contributed by atoms with Gasteiger partial charge in [-0.3, -0.25) is 0 Å². The van der Waals surface area contributed by atoms with E-state index in [0.29, 0.717) is 16.2 Å². The van der Waals surface area contributed by atoms with Crippen LogP contribution in [-0.4, -0.2) is 36.1 Å². The minimum absolute atomic E-state index is 0.0872. The van der Waals surface area contributed by atoms with Crippen molar-refractivity contribution in [2.45, 2.75) is 42.6 Å². The standard InChI is InChI=1S/C20H22N2O3S2/c21-11-17-10-16-8-4-5-9-19(16)22-20(17)26-12-18(23)14-27(24,25)13-15-6-2-1-3-7-15/h1-3,6-7,10,18,23H,4-5,8-9,12-14H2/t18-/m1/s1. The zero-order chi connectivity index (χ0) is 19.3. The van der Waals surface area contributed by atoms with Crippen LogP contribution in [0.15, 0.2) is 41.4 Å². The SMILES string of the molecule is N#Cc1cc2c(nc1SC[C@@H](O)CS(=O)(=O)Cc1ccccc1)CCCC2. The molecule has 3 rings (SSSR count). The van der Waals surface area contributed by atoms with Gasteiger partial charge in [-0.2, -0.15) is 5.26 Å². The molecule has 27 heavy (non-hydrogen) atoms. The lowest BCUT2D eigenvalue weighted by atomic mass is 9.95. The topological polar surface area (TPSA) is 91.0 Å². The summed E-state index contributed by atoms with van der Waals surface area (Å²) in [6.45, 7) is 0. The third-order valence-corrected chi connectivity index (χ3v) is 7.28. The lowest BCUT2D eigenvalue weighted by molar-refractivity contribution is 0.222. The highest BCUT2D eigenvalue weighted by Gasteiger charge is 2.20. The van der Waals surface area contributed by atoms with E-state index in [2.05, 4.69) is 11.1 Å². The van der Waals surface area contributed by atoms with Gasteiger partial charge in [0, 0.05) is 11.4 Å². The fourth-order valence-electron chi connectivity index (χ4n) is 3.21. The molecule has 0 amide bonds. The molecular formula is C20H22N2O3S2. The average molecular weight is 403 g/mol. The summed E-state index contributed by atoms with van der Waals surface area (Å²) >= 11 is 1.25. The molecule has 142 valence electrons. The van der Waals surface area contributed by atoms with E-state index < -0.39 is 15.9 Å². The van der Waals surface area contributed by atoms with E-state index in [-0.39, 0.29) is 17.3 Å². The Morgan fingerprint density at radius 1 is 1.22 bits per heavy atom. The largest absolute Gasteiger partial charge is 0.391 e. The summed E-state index contributed by atoms with van der Waals surface area (Å²) in [5, 5.41) is 20.2. The summed E-state index contributed by atoms with van der Waals surface area (Å²) in [6.07, 6.45) is 3.05. The number of aliphatic hydroxyl groups excluding tert-OH is 1. The number of benzene rings is 1. The predicted molar refractivity (Wildman–Crippen MR) is 106 cm³/mol. The van der Waals surface area contributed by atoms with Crippen LogP contribution in [0.5, 0.6) is 0 Å². The van der Waals surface area contributed by atoms with Gasteiger partial charge >= 0.3 is 0 Å². The number of rotatable bonds is 7. The van der Waals surface area contributed by atoms with Crippen LogP contribution < -0.4 is 0 Å². The zero-order valence-electron chi connectivity index (χ0n) is 15.0. The van der Waals surface area contributed by atoms with Gasteiger partial charge in [-0.05, 0) is 42.9 Å². The van der Waals surface area contributed by atoms with E-state index in [1.807, 2.05) is 12.1 Å². The Morgan fingerprint density at radius 2 is 1.96 bits per heavy atom. The van der Waals surface area contributed by atoms with Crippen molar-refractivity contribution < 1.29 is 13.5 Å². The van der Waals surface area contributed by atoms with Crippen molar-refractivity contribution in [1.29, 1.82) is 5.26 Å². The zero-order valence-corrected chi connectivity index (χ0v) is 16.6. The minimum Gasteiger partial charge on any atom is -0.391 e. The Labute approximate surface area is 164 Å². The molecule has 1 aliphatic carbocycles. The van der Waals surface area contributed by atoms with Crippen molar-refractivity contribution in [2.75, 3.05) is 11.5 Å². The second-order valence-electron chi connectivity index (χ2n) is 6.77. The molecule has 0 spiro atoms. The highest BCUT2D eigenvalue weighted by Crippen LogP contribution is 2.27. The molecule has 1 atom stereocenters. The molecule has 1 N–H and O–H groups in total. The molecule has 1 heterocycles. The first-order chi connectivity index (χ1) is 13.0. The van der Waals surface area contributed by atoms with E-state index in [1.54, 1.807) is 24.3 Å². The number of aryl methyl sites for hydroxylation is 2. The molecule has 0 fully saturated rings. The van der Waals surface area contributed by atoms with Gasteiger partial charge in [-0.25, -0.2) is 13.4 Å². The van der Waals surface area contributed by atoms with Crippen LogP contribution in [0, 0.1) is 11.3 Å². The van der Waals surface area contributed by atoms with Crippen LogP contribution in [0.3, 0.4) is 0 Å². The lowest BCUT2D eigenvalue weighted by Crippen LogP contribution is -2.24. The van der Waals surface area contributed by atoms with Crippen LogP contribution in [0.1, 0.15) is 35.2 Å². The number of aromatic nitrogens is 1. The molecule has 0 radical (unpaired) electrons. The van der Waals surface area contributed by atoms with Crippen molar-refractivity contribution in [3.05, 3.63) is 58.8 Å². The number of hydrogen-bond acceptors (Lipinski definition) is 6. The first-order valence-corrected chi connectivity index (χ1v) is 11.8. The van der Waals surface area contributed by atoms with Gasteiger partial charge < -0.3 is 5.11 Å². The lowest BCUT2D eigenvalue weighted by Gasteiger charge is -2.17. The van der Waals surface area contributed by atoms with Crippen LogP contribution >= 0.6 is 11.8 Å². The quantitative estimate of drug-likeness (QED) is 0.716. The Bertz CT molecular complexity index is 938. The summed E-state index contributed by atoms with van der Waals surface area (Å²) in [5.74, 6) is -0.202. The van der Waals surface area contributed by atoms with E-state index in [1.165, 1.54) is 11.8 Å². The van der Waals surface area contributed by atoms with Crippen molar-refractivity contribution in [2.24, 2.45) is 0 Å². The molecule has 1 aliphatic rings. The third kappa shape index (κ3) is 5.55. The monoisotopic (exact) mass is 402 g/mol. The fraction of sp³-hybridized carbons (Fsp3) is 0.400. The van der Waals surface area contributed by atoms with E-state index in [4.69, 9.17) is 0 Å². The molecule has 0 saturated carbocycles. The molecule has 2 aromatic rings. The van der Waals surface area contributed by atoms with Gasteiger partial charge in [0.05, 0.1) is 23.2 Å². The number of hydrogen-bond donors (Lipinski definition) is 1. The van der Waals surface area contributed by atoms with Crippen molar-refractivity contribution in [3.63, 3.8) is 0 Å². The van der Waals surface area contributed by atoms with Gasteiger partial charge in [0.25, 0.3) is 0 Å². The van der Waals surface area contributed by atoms with Gasteiger partial charge in [0.1, 0.15) is 11.1 Å². The van der Waals surface area contributed by atoms with Crippen LogP contribution in [0.25, 0.3) is 0 Å². The van der Waals surface area contributed by atoms with Gasteiger partial charge in [-0.1, -0.05) is 30.3 Å². The number of thioether (sulfide) groups is 1. The smallest absolute Gasteiger partial charge is 0.157 e. The molecule has 0 saturated heterocycles. The number of sulfone groups is 1. The van der Waals surface area contributed by atoms with Crippen molar-refractivity contribution in [1.82, 2.24) is 4.98 Å². The number of pyridine rings is 1. The van der Waals surface area contributed by atoms with Crippen LogP contribution in [0.2, 0.25) is 0 Å². The molecule has 1 aromatic heterocycles. The molecular weight excluding hydrogens is 380 g/mol. The average Bonchev–Trinajstić information content (AvgIpc) is 2.65. The second-order valence-corrected chi connectivity index (χ2v) is 9.89. The number of nitrogens with zero attached hydrogens (tertiary/aromatic N) is 2. The molecule has 1 aromatic carbocycles. The molecule has 0 unspecified atom stereocenters. The maximum absolute atomic E-state index is 12.3. The first-order valence-electron chi connectivity index (χ1n) is 8.95. The summed E-state index contributed by atoms with van der Waals surface area (Å²) in [4.78, 5) is 4.60. The second kappa shape index (κ2) is 8.87. The number of aliphatic hydroxyl groups is 1. The van der Waals surface area contributed by atoms with E-state index in [0.717, 1.165) is 36.9 Å². The summed E-state index contributed by atoms with van der Waals surface area (Å²) in [6, 6.07) is 13.0. The Morgan fingerprint density at radius 3 is 2.70 bits per heavy atom. The maximum atomic E-state index is 12.3. The maximum Gasteiger partial charge on any atom is 0.157 e. The van der Waals surface area contributed by atoms with Crippen molar-refractivity contribution in [3.8, 4) is 6.07 Å².